The lowest BCUT2D eigenvalue weighted by Crippen LogP contribution is -2.53. The zero-order valence-corrected chi connectivity index (χ0v) is 11.4. The van der Waals surface area contributed by atoms with Crippen LogP contribution in [0.5, 0.6) is 0 Å². The van der Waals surface area contributed by atoms with E-state index < -0.39 is 27.5 Å². The Morgan fingerprint density at radius 1 is 1.29 bits per heavy atom. The summed E-state index contributed by atoms with van der Waals surface area (Å²) in [5.41, 5.74) is -0.852. The maximum Gasteiger partial charge on any atom is 0.321 e. The molecule has 0 heterocycles. The first-order chi connectivity index (χ1) is 7.56. The van der Waals surface area contributed by atoms with Crippen LogP contribution in [-0.2, 0) is 14.8 Å². The highest BCUT2D eigenvalue weighted by atomic mass is 35.5. The van der Waals surface area contributed by atoms with Crippen molar-refractivity contribution in [1.29, 1.82) is 0 Å². The van der Waals surface area contributed by atoms with Crippen LogP contribution in [0.4, 0.5) is 4.79 Å². The first kappa shape index (κ1) is 16.1. The van der Waals surface area contributed by atoms with Gasteiger partial charge in [0.15, 0.2) is 0 Å². The Bertz CT molecular complexity index is 394. The van der Waals surface area contributed by atoms with Crippen LogP contribution in [0.2, 0.25) is 0 Å². The van der Waals surface area contributed by atoms with Crippen molar-refractivity contribution in [2.45, 2.75) is 19.4 Å². The van der Waals surface area contributed by atoms with Gasteiger partial charge < -0.3 is 5.32 Å². The highest BCUT2D eigenvalue weighted by molar-refractivity contribution is 7.88. The van der Waals surface area contributed by atoms with E-state index >= 15 is 0 Å². The molecule has 9 heteroatoms. The van der Waals surface area contributed by atoms with E-state index in [1.165, 1.54) is 0 Å². The maximum atomic E-state index is 11.1. The summed E-state index contributed by atoms with van der Waals surface area (Å²) in [4.78, 5) is 21.9. The quantitative estimate of drug-likeness (QED) is 0.586. The molecule has 0 saturated heterocycles. The van der Waals surface area contributed by atoms with E-state index in [2.05, 4.69) is 10.0 Å². The second-order valence-electron chi connectivity index (χ2n) is 4.12. The molecule has 0 aromatic rings. The molecule has 0 bridgehead atoms. The van der Waals surface area contributed by atoms with Crippen molar-refractivity contribution in [3.8, 4) is 0 Å². The molecular formula is C8H16ClN3O4S. The number of imide groups is 1. The highest BCUT2D eigenvalue weighted by Gasteiger charge is 2.22. The number of amides is 3. The molecule has 0 saturated carbocycles. The predicted octanol–water partition coefficient (Wildman–Crippen LogP) is -0.621. The fourth-order valence-electron chi connectivity index (χ4n) is 1.04. The van der Waals surface area contributed by atoms with Gasteiger partial charge in [0.25, 0.3) is 0 Å². The van der Waals surface area contributed by atoms with Crippen LogP contribution in [0.15, 0.2) is 0 Å². The summed E-state index contributed by atoms with van der Waals surface area (Å²) < 4.78 is 24.3. The van der Waals surface area contributed by atoms with Crippen LogP contribution in [0.25, 0.3) is 0 Å². The molecule has 3 N–H and O–H groups in total. The summed E-state index contributed by atoms with van der Waals surface area (Å²) in [5.74, 6) is -0.948. The third-order valence-corrected chi connectivity index (χ3v) is 2.69. The number of carbonyl (C=O) groups excluding carboxylic acids is 2. The SMILES string of the molecule is CC(C)(CNC(=O)NC(=O)CCl)NS(C)(=O)=O. The molecule has 0 aromatic heterocycles. The number of nitrogens with one attached hydrogen (secondary N) is 3. The smallest absolute Gasteiger partial charge is 0.321 e. The Morgan fingerprint density at radius 2 is 1.82 bits per heavy atom. The van der Waals surface area contributed by atoms with E-state index in [9.17, 15) is 18.0 Å². The molecule has 0 spiro atoms. The molecule has 17 heavy (non-hydrogen) atoms. The molecule has 100 valence electrons. The van der Waals surface area contributed by atoms with E-state index in [1.807, 2.05) is 5.32 Å². The number of alkyl halides is 1. The van der Waals surface area contributed by atoms with Crippen LogP contribution in [0.1, 0.15) is 13.8 Å². The fourth-order valence-corrected chi connectivity index (χ4v) is 2.19. The van der Waals surface area contributed by atoms with Crippen molar-refractivity contribution < 1.29 is 18.0 Å². The number of sulfonamides is 1. The minimum Gasteiger partial charge on any atom is -0.336 e. The minimum absolute atomic E-state index is 0.0292. The lowest BCUT2D eigenvalue weighted by atomic mass is 10.1. The van der Waals surface area contributed by atoms with Gasteiger partial charge in [-0.3, -0.25) is 10.1 Å². The van der Waals surface area contributed by atoms with Crippen molar-refractivity contribution in [2.75, 3.05) is 18.7 Å². The van der Waals surface area contributed by atoms with Gasteiger partial charge in [-0.25, -0.2) is 17.9 Å². The normalized spacial score (nSPS) is 12.0. The Labute approximate surface area is 105 Å². The number of hydrogen-bond donors (Lipinski definition) is 3. The van der Waals surface area contributed by atoms with E-state index in [1.54, 1.807) is 13.8 Å². The molecule has 0 aliphatic rings. The molecular weight excluding hydrogens is 270 g/mol. The number of carbonyl (C=O) groups is 2. The van der Waals surface area contributed by atoms with Crippen LogP contribution in [0, 0.1) is 0 Å². The van der Waals surface area contributed by atoms with Gasteiger partial charge in [-0.2, -0.15) is 0 Å². The fraction of sp³-hybridized carbons (Fsp3) is 0.750. The summed E-state index contributed by atoms with van der Waals surface area (Å²) in [6.07, 6.45) is 1.02. The van der Waals surface area contributed by atoms with Crippen LogP contribution < -0.4 is 15.4 Å². The maximum absolute atomic E-state index is 11.1. The zero-order valence-electron chi connectivity index (χ0n) is 9.83. The van der Waals surface area contributed by atoms with E-state index in [-0.39, 0.29) is 12.4 Å². The van der Waals surface area contributed by atoms with Crippen molar-refractivity contribution >= 4 is 33.6 Å². The average molecular weight is 286 g/mol. The summed E-state index contributed by atoms with van der Waals surface area (Å²) in [5, 5.41) is 4.32. The summed E-state index contributed by atoms with van der Waals surface area (Å²) >= 11 is 5.19. The highest BCUT2D eigenvalue weighted by Crippen LogP contribution is 2.01. The van der Waals surface area contributed by atoms with Gasteiger partial charge in [-0.05, 0) is 13.8 Å². The van der Waals surface area contributed by atoms with Crippen molar-refractivity contribution in [3.05, 3.63) is 0 Å². The molecule has 0 aliphatic carbocycles. The number of halogens is 1. The van der Waals surface area contributed by atoms with Gasteiger partial charge in [0.2, 0.25) is 15.9 Å². The Kier molecular flexibility index (Phi) is 5.86. The van der Waals surface area contributed by atoms with Crippen molar-refractivity contribution in [2.24, 2.45) is 0 Å². The minimum atomic E-state index is -3.37. The first-order valence-corrected chi connectivity index (χ1v) is 7.11. The molecule has 0 radical (unpaired) electrons. The van der Waals surface area contributed by atoms with Crippen LogP contribution >= 0.6 is 11.6 Å². The molecule has 7 nitrogen and oxygen atoms in total. The molecule has 0 rings (SSSR count). The number of urea groups is 1. The van der Waals surface area contributed by atoms with Gasteiger partial charge in [-0.1, -0.05) is 0 Å². The Morgan fingerprint density at radius 3 is 2.24 bits per heavy atom. The number of hydrogen-bond acceptors (Lipinski definition) is 4. The second kappa shape index (κ2) is 6.18. The summed E-state index contributed by atoms with van der Waals surface area (Å²) in [6, 6.07) is -0.723. The Hall–Kier alpha value is -0.860. The molecule has 0 fully saturated rings. The average Bonchev–Trinajstić information content (AvgIpc) is 2.11. The van der Waals surface area contributed by atoms with E-state index in [4.69, 9.17) is 11.6 Å². The van der Waals surface area contributed by atoms with Gasteiger partial charge in [0.1, 0.15) is 5.88 Å². The van der Waals surface area contributed by atoms with Gasteiger partial charge >= 0.3 is 6.03 Å². The van der Waals surface area contributed by atoms with Gasteiger partial charge in [-0.15, -0.1) is 11.6 Å². The standard InChI is InChI=1S/C8H16ClN3O4S/c1-8(2,12-17(3,15)16)5-10-7(14)11-6(13)4-9/h12H,4-5H2,1-3H3,(H2,10,11,13,14). The Balaban J connectivity index is 4.18. The molecule has 0 atom stereocenters. The predicted molar refractivity (Wildman–Crippen MR) is 64.3 cm³/mol. The van der Waals surface area contributed by atoms with E-state index in [0.717, 1.165) is 6.26 Å². The second-order valence-corrected chi connectivity index (χ2v) is 6.14. The van der Waals surface area contributed by atoms with Crippen LogP contribution in [-0.4, -0.2) is 44.6 Å². The molecule has 3 amide bonds. The molecule has 0 aromatic carbocycles. The lowest BCUT2D eigenvalue weighted by Gasteiger charge is -2.25. The molecule has 0 aliphatic heterocycles. The molecule has 0 unspecified atom stereocenters. The van der Waals surface area contributed by atoms with Gasteiger partial charge in [0, 0.05) is 12.1 Å². The monoisotopic (exact) mass is 285 g/mol. The van der Waals surface area contributed by atoms with Crippen molar-refractivity contribution in [3.63, 3.8) is 0 Å². The first-order valence-electron chi connectivity index (χ1n) is 4.68. The third-order valence-electron chi connectivity index (χ3n) is 1.53. The zero-order chi connectivity index (χ0) is 13.7. The third kappa shape index (κ3) is 8.90. The lowest BCUT2D eigenvalue weighted by molar-refractivity contribution is -0.117. The summed E-state index contributed by atoms with van der Waals surface area (Å²) in [7, 11) is -3.37. The number of rotatable bonds is 5. The van der Waals surface area contributed by atoms with E-state index in [0.29, 0.717) is 0 Å². The largest absolute Gasteiger partial charge is 0.336 e. The summed E-state index contributed by atoms with van der Waals surface area (Å²) in [6.45, 7) is 3.22. The van der Waals surface area contributed by atoms with Crippen molar-refractivity contribution in [1.82, 2.24) is 15.4 Å². The van der Waals surface area contributed by atoms with Crippen LogP contribution in [0.3, 0.4) is 0 Å². The topological polar surface area (TPSA) is 104 Å². The van der Waals surface area contributed by atoms with Gasteiger partial charge in [0.05, 0.1) is 6.26 Å².